The number of aliphatic hydroxyl groups is 1. The second-order valence-corrected chi connectivity index (χ2v) is 11.5. The quantitative estimate of drug-likeness (QED) is 0.169. The number of aliphatic hydroxyl groups excluding tert-OH is 1. The number of hydrogen-bond donors (Lipinski definition) is 6. The van der Waals surface area contributed by atoms with Gasteiger partial charge in [0.15, 0.2) is 0 Å². The first-order valence-corrected chi connectivity index (χ1v) is 14.5. The van der Waals surface area contributed by atoms with Crippen LogP contribution >= 0.6 is 0 Å². The van der Waals surface area contributed by atoms with E-state index in [0.717, 1.165) is 0 Å². The molecule has 0 bridgehead atoms. The van der Waals surface area contributed by atoms with E-state index in [1.165, 1.54) is 42.3 Å². The maximum absolute atomic E-state index is 13.6. The van der Waals surface area contributed by atoms with Crippen molar-refractivity contribution in [2.24, 2.45) is 22.7 Å². The lowest BCUT2D eigenvalue weighted by molar-refractivity contribution is -0.144. The number of amides is 4. The molecule has 0 saturated carbocycles. The molecule has 4 amide bonds. The molecule has 1 fully saturated rings. The lowest BCUT2D eigenvalue weighted by Gasteiger charge is -2.29. The van der Waals surface area contributed by atoms with Gasteiger partial charge in [0.2, 0.25) is 23.6 Å². The molecule has 6 N–H and O–H groups in total. The highest BCUT2D eigenvalue weighted by molar-refractivity contribution is 5.98. The first-order valence-electron chi connectivity index (χ1n) is 14.5. The fourth-order valence-corrected chi connectivity index (χ4v) is 4.99. The molecular weight excluding hydrogens is 558 g/mol. The fourth-order valence-electron chi connectivity index (χ4n) is 4.99. The van der Waals surface area contributed by atoms with Crippen molar-refractivity contribution in [3.8, 4) is 5.75 Å². The number of nitrogens with one attached hydrogen (secondary N) is 3. The Morgan fingerprint density at radius 2 is 1.65 bits per heavy atom. The van der Waals surface area contributed by atoms with Crippen LogP contribution in [0, 0.1) is 17.8 Å². The fraction of sp³-hybridized carbons (Fsp3) is 0.600. The number of β-amino-alcohol motifs (C(OH)–C–C–N with tert-alkyl or cyclic N) is 1. The molecular formula is C30H45N5O8. The van der Waals surface area contributed by atoms with Crippen molar-refractivity contribution in [2.75, 3.05) is 13.6 Å². The molecule has 1 heterocycles. The SMILES string of the molecule is CC[C@H](C)C(NC(=O)C(NC(=O)C1CC(O)CN1C(=O)[C@H](C)NC(=O)C(/C=N/C)CC(C)C)c1ccc(O)cc1)C(=O)O. The summed E-state index contributed by atoms with van der Waals surface area (Å²) in [5, 5.41) is 37.6. The van der Waals surface area contributed by atoms with Crippen molar-refractivity contribution in [2.45, 2.75) is 84.2 Å². The number of aliphatic carboxylic acids is 1. The molecule has 0 aliphatic carbocycles. The summed E-state index contributed by atoms with van der Waals surface area (Å²) in [5.41, 5.74) is 0.266. The van der Waals surface area contributed by atoms with E-state index < -0.39 is 65.8 Å². The van der Waals surface area contributed by atoms with Gasteiger partial charge >= 0.3 is 5.97 Å². The highest BCUT2D eigenvalue weighted by Crippen LogP contribution is 2.23. The summed E-state index contributed by atoms with van der Waals surface area (Å²) in [7, 11) is 1.56. The maximum Gasteiger partial charge on any atom is 0.326 e. The van der Waals surface area contributed by atoms with Gasteiger partial charge < -0.3 is 41.2 Å². The molecule has 13 heteroatoms. The molecule has 13 nitrogen and oxygen atoms in total. The highest BCUT2D eigenvalue weighted by Gasteiger charge is 2.42. The number of hydrogen-bond acceptors (Lipinski definition) is 8. The Morgan fingerprint density at radius 1 is 1.02 bits per heavy atom. The summed E-state index contributed by atoms with van der Waals surface area (Å²) in [6.07, 6.45) is 1.39. The van der Waals surface area contributed by atoms with E-state index >= 15 is 0 Å². The number of carboxylic acids is 1. The second-order valence-electron chi connectivity index (χ2n) is 11.5. The maximum atomic E-state index is 13.6. The van der Waals surface area contributed by atoms with Gasteiger partial charge in [0.05, 0.1) is 12.0 Å². The summed E-state index contributed by atoms with van der Waals surface area (Å²) >= 11 is 0. The van der Waals surface area contributed by atoms with Gasteiger partial charge in [-0.25, -0.2) is 4.79 Å². The van der Waals surface area contributed by atoms with E-state index in [4.69, 9.17) is 0 Å². The van der Waals surface area contributed by atoms with Crippen molar-refractivity contribution >= 4 is 35.8 Å². The molecule has 2 rings (SSSR count). The molecule has 1 aromatic rings. The molecule has 0 radical (unpaired) electrons. The highest BCUT2D eigenvalue weighted by atomic mass is 16.4. The number of phenolic OH excluding ortho intramolecular Hbond substituents is 1. The van der Waals surface area contributed by atoms with E-state index in [1.807, 2.05) is 13.8 Å². The van der Waals surface area contributed by atoms with Crippen LogP contribution in [0.4, 0.5) is 0 Å². The molecule has 7 atom stereocenters. The number of phenols is 1. The van der Waals surface area contributed by atoms with Gasteiger partial charge in [0.25, 0.3) is 0 Å². The third-order valence-corrected chi connectivity index (χ3v) is 7.54. The largest absolute Gasteiger partial charge is 0.508 e. The van der Waals surface area contributed by atoms with Gasteiger partial charge in [0, 0.05) is 26.2 Å². The molecule has 1 aliphatic heterocycles. The molecule has 5 unspecified atom stereocenters. The normalized spacial score (nSPS) is 20.2. The zero-order valence-electron chi connectivity index (χ0n) is 25.6. The minimum absolute atomic E-state index is 0.0789. The van der Waals surface area contributed by atoms with Gasteiger partial charge in [-0.2, -0.15) is 0 Å². The zero-order chi connectivity index (χ0) is 32.4. The smallest absolute Gasteiger partial charge is 0.326 e. The van der Waals surface area contributed by atoms with Crippen LogP contribution in [0.5, 0.6) is 5.75 Å². The van der Waals surface area contributed by atoms with Crippen molar-refractivity contribution in [1.29, 1.82) is 0 Å². The minimum atomic E-state index is -1.36. The van der Waals surface area contributed by atoms with E-state index in [0.29, 0.717) is 12.8 Å². The van der Waals surface area contributed by atoms with Crippen molar-refractivity contribution in [3.05, 3.63) is 29.8 Å². The predicted molar refractivity (Wildman–Crippen MR) is 159 cm³/mol. The molecule has 1 saturated heterocycles. The van der Waals surface area contributed by atoms with Crippen LogP contribution in [-0.2, 0) is 24.0 Å². The van der Waals surface area contributed by atoms with Crippen LogP contribution in [0.3, 0.4) is 0 Å². The summed E-state index contributed by atoms with van der Waals surface area (Å²) in [6, 6.07) is 0.699. The summed E-state index contributed by atoms with van der Waals surface area (Å²) < 4.78 is 0. The molecule has 1 aromatic carbocycles. The minimum Gasteiger partial charge on any atom is -0.508 e. The first-order chi connectivity index (χ1) is 20.2. The van der Waals surface area contributed by atoms with Crippen molar-refractivity contribution in [1.82, 2.24) is 20.9 Å². The van der Waals surface area contributed by atoms with Gasteiger partial charge in [-0.1, -0.05) is 46.2 Å². The number of benzene rings is 1. The molecule has 238 valence electrons. The van der Waals surface area contributed by atoms with Gasteiger partial charge in [-0.15, -0.1) is 0 Å². The number of carboxylic acid groups (broad SMARTS) is 1. The number of carbonyl (C=O) groups is 5. The van der Waals surface area contributed by atoms with Gasteiger partial charge in [0.1, 0.15) is 29.9 Å². The predicted octanol–water partition coefficient (Wildman–Crippen LogP) is 0.994. The number of rotatable bonds is 14. The Morgan fingerprint density at radius 3 is 2.19 bits per heavy atom. The van der Waals surface area contributed by atoms with Crippen LogP contribution in [0.15, 0.2) is 29.3 Å². The van der Waals surface area contributed by atoms with Crippen LogP contribution in [-0.4, -0.2) is 93.9 Å². The first kappa shape index (κ1) is 35.2. The van der Waals surface area contributed by atoms with E-state index in [9.17, 15) is 39.3 Å². The number of likely N-dealkylation sites (tertiary alicyclic amines) is 1. The Labute approximate surface area is 252 Å². The standard InChI is InChI=1S/C30H45N5O8/c1-7-17(4)24(30(42)43)33-28(40)25(19-8-10-21(36)11-9-19)34-27(39)23-13-22(37)15-35(23)29(41)18(5)32-26(38)20(14-31-6)12-16(2)3/h8-11,14,16-18,20,22-25,36-37H,7,12-13,15H2,1-6H3,(H,32,38)(H,33,40)(H,34,39)(H,42,43)/b31-14+/t17-,18-,20?,22?,23?,24?,25?/m0/s1. The lowest BCUT2D eigenvalue weighted by atomic mass is 9.97. The Bertz CT molecular complexity index is 1170. The molecule has 0 aromatic heterocycles. The Kier molecular flexibility index (Phi) is 13.1. The van der Waals surface area contributed by atoms with Gasteiger partial charge in [-0.05, 0) is 42.9 Å². The second kappa shape index (κ2) is 16.0. The zero-order valence-corrected chi connectivity index (χ0v) is 25.6. The number of carbonyl (C=O) groups excluding carboxylic acids is 4. The number of aliphatic imine (C=N–C) groups is 1. The number of nitrogens with zero attached hydrogens (tertiary/aromatic N) is 2. The van der Waals surface area contributed by atoms with Crippen LogP contribution in [0.2, 0.25) is 0 Å². The summed E-state index contributed by atoms with van der Waals surface area (Å²) in [5.74, 6) is -4.57. The third kappa shape index (κ3) is 9.77. The average molecular weight is 604 g/mol. The van der Waals surface area contributed by atoms with Crippen LogP contribution in [0.1, 0.15) is 65.5 Å². The number of aromatic hydroxyl groups is 1. The summed E-state index contributed by atoms with van der Waals surface area (Å²) in [4.78, 5) is 70.2. The Balaban J connectivity index is 2.28. The van der Waals surface area contributed by atoms with Crippen LogP contribution in [0.25, 0.3) is 0 Å². The van der Waals surface area contributed by atoms with E-state index in [1.54, 1.807) is 20.9 Å². The molecule has 1 aliphatic rings. The molecule has 0 spiro atoms. The van der Waals surface area contributed by atoms with Crippen molar-refractivity contribution in [3.63, 3.8) is 0 Å². The van der Waals surface area contributed by atoms with Crippen LogP contribution < -0.4 is 16.0 Å². The van der Waals surface area contributed by atoms with Crippen molar-refractivity contribution < 1.29 is 39.3 Å². The third-order valence-electron chi connectivity index (χ3n) is 7.54. The van der Waals surface area contributed by atoms with E-state index in [-0.39, 0.29) is 36.1 Å². The van der Waals surface area contributed by atoms with Gasteiger partial charge in [-0.3, -0.25) is 19.2 Å². The average Bonchev–Trinajstić information content (AvgIpc) is 3.35. The lowest BCUT2D eigenvalue weighted by Crippen LogP contribution is -2.55. The van der Waals surface area contributed by atoms with E-state index in [2.05, 4.69) is 20.9 Å². The topological polar surface area (TPSA) is 198 Å². The monoisotopic (exact) mass is 603 g/mol. The molecule has 43 heavy (non-hydrogen) atoms. The Hall–Kier alpha value is -4.00. The summed E-state index contributed by atoms with van der Waals surface area (Å²) in [6.45, 7) is 8.72.